The van der Waals surface area contributed by atoms with Crippen molar-refractivity contribution < 1.29 is 9.90 Å². The zero-order chi connectivity index (χ0) is 26.6. The number of aryl methyl sites for hydroxylation is 2. The number of aromatic carboxylic acids is 1. The van der Waals surface area contributed by atoms with E-state index in [1.54, 1.807) is 6.07 Å². The number of rotatable bonds is 8. The fourth-order valence-electron chi connectivity index (χ4n) is 6.65. The number of aromatic nitrogens is 1. The van der Waals surface area contributed by atoms with Crippen LogP contribution in [0.15, 0.2) is 48.7 Å². The van der Waals surface area contributed by atoms with Gasteiger partial charge in [0.15, 0.2) is 0 Å². The van der Waals surface area contributed by atoms with E-state index in [0.717, 1.165) is 38.0 Å². The van der Waals surface area contributed by atoms with Crippen molar-refractivity contribution in [3.63, 3.8) is 0 Å². The van der Waals surface area contributed by atoms with Crippen LogP contribution in [0.5, 0.6) is 0 Å². The molecule has 38 heavy (non-hydrogen) atoms. The molecule has 5 rings (SSSR count). The van der Waals surface area contributed by atoms with Gasteiger partial charge in [-0.05, 0) is 92.0 Å². The molecule has 1 fully saturated rings. The van der Waals surface area contributed by atoms with Crippen molar-refractivity contribution in [3.05, 3.63) is 76.5 Å². The highest BCUT2D eigenvalue weighted by Crippen LogP contribution is 2.43. The lowest BCUT2D eigenvalue weighted by Gasteiger charge is -2.28. The molecule has 0 bridgehead atoms. The fourth-order valence-corrected chi connectivity index (χ4v) is 6.65. The smallest absolute Gasteiger partial charge is 0.335 e. The van der Waals surface area contributed by atoms with Crippen molar-refractivity contribution >= 4 is 33.6 Å². The van der Waals surface area contributed by atoms with Crippen LogP contribution in [0.25, 0.3) is 27.6 Å². The van der Waals surface area contributed by atoms with Crippen LogP contribution in [0, 0.1) is 12.8 Å². The first-order chi connectivity index (χ1) is 18.5. The fraction of sp³-hybridized carbons (Fsp3) is 0.441. The highest BCUT2D eigenvalue weighted by Gasteiger charge is 2.25. The maximum atomic E-state index is 11.7. The first-order valence-corrected chi connectivity index (χ1v) is 14.6. The van der Waals surface area contributed by atoms with Gasteiger partial charge in [-0.2, -0.15) is 0 Å². The molecule has 1 aliphatic carbocycles. The number of carboxylic acid groups (broad SMARTS) is 1. The Balaban J connectivity index is 1.74. The normalized spacial score (nSPS) is 17.4. The molecule has 1 aliphatic heterocycles. The quantitative estimate of drug-likeness (QED) is 0.300. The number of para-hydroxylation sites is 1. The number of unbranched alkanes of at least 4 members (excludes halogenated alkanes) is 1. The van der Waals surface area contributed by atoms with E-state index >= 15 is 0 Å². The van der Waals surface area contributed by atoms with Gasteiger partial charge in [0, 0.05) is 35.8 Å². The summed E-state index contributed by atoms with van der Waals surface area (Å²) in [6.45, 7) is 9.64. The van der Waals surface area contributed by atoms with Gasteiger partial charge in [-0.1, -0.05) is 62.9 Å². The third kappa shape index (κ3) is 5.24. The molecule has 1 saturated carbocycles. The second-order valence-corrected chi connectivity index (χ2v) is 11.2. The summed E-state index contributed by atoms with van der Waals surface area (Å²) in [4.78, 5) is 11.7. The molecule has 0 spiro atoms. The molecule has 2 heterocycles. The average Bonchev–Trinajstić information content (AvgIpc) is 3.32. The van der Waals surface area contributed by atoms with E-state index in [1.807, 2.05) is 6.07 Å². The molecule has 200 valence electrons. The first-order valence-electron chi connectivity index (χ1n) is 14.6. The Morgan fingerprint density at radius 1 is 1.11 bits per heavy atom. The number of hydrogen-bond acceptors (Lipinski definition) is 2. The molecule has 1 aromatic heterocycles. The highest BCUT2D eigenvalue weighted by atomic mass is 16.4. The molecule has 0 saturated heterocycles. The van der Waals surface area contributed by atoms with E-state index in [0.29, 0.717) is 11.5 Å². The maximum Gasteiger partial charge on any atom is 0.335 e. The predicted octanol–water partition coefficient (Wildman–Crippen LogP) is 8.34. The molecular formula is C34H42N2O2. The Morgan fingerprint density at radius 2 is 1.92 bits per heavy atom. The molecule has 4 heteroatoms. The zero-order valence-corrected chi connectivity index (χ0v) is 23.3. The second-order valence-electron chi connectivity index (χ2n) is 11.2. The summed E-state index contributed by atoms with van der Waals surface area (Å²) >= 11 is 0. The molecule has 4 nitrogen and oxygen atoms in total. The van der Waals surface area contributed by atoms with Crippen LogP contribution in [0.2, 0.25) is 0 Å². The summed E-state index contributed by atoms with van der Waals surface area (Å²) < 4.78 is 2.51. The van der Waals surface area contributed by atoms with E-state index < -0.39 is 5.97 Å². The number of fused-ring (bicyclic) bond motifs is 1. The van der Waals surface area contributed by atoms with Crippen molar-refractivity contribution in [2.75, 3.05) is 13.1 Å². The molecule has 2 N–H and O–H groups in total. The van der Waals surface area contributed by atoms with Crippen LogP contribution in [0.4, 0.5) is 0 Å². The van der Waals surface area contributed by atoms with E-state index in [-0.39, 0.29) is 0 Å². The third-order valence-corrected chi connectivity index (χ3v) is 8.65. The summed E-state index contributed by atoms with van der Waals surface area (Å²) in [6, 6.07) is 12.5. The molecule has 0 unspecified atom stereocenters. The monoisotopic (exact) mass is 510 g/mol. The van der Waals surface area contributed by atoms with Gasteiger partial charge < -0.3 is 15.0 Å². The van der Waals surface area contributed by atoms with Gasteiger partial charge in [-0.25, -0.2) is 4.79 Å². The Labute approximate surface area is 227 Å². The predicted molar refractivity (Wildman–Crippen MR) is 160 cm³/mol. The van der Waals surface area contributed by atoms with Gasteiger partial charge >= 0.3 is 5.97 Å². The molecular weight excluding hydrogens is 468 g/mol. The standard InChI is InChI=1S/C34H42N2O2/c1-4-5-20-36-22-31(25-16-18-35-19-17-25)30-13-9-12-29(33(30)36)24(3)32(26-10-7-6-8-11-26)28-15-14-27(34(37)38)21-23(28)2/h9,12-16,21-22,26,35H,4-8,10-11,17-20H2,1-3H3,(H,37,38)/b32-24+. The van der Waals surface area contributed by atoms with Gasteiger partial charge in [0.25, 0.3) is 0 Å². The minimum absolute atomic E-state index is 0.363. The number of allylic oxidation sites excluding steroid dienone is 2. The van der Waals surface area contributed by atoms with Gasteiger partial charge in [0.2, 0.25) is 0 Å². The van der Waals surface area contributed by atoms with Crippen LogP contribution < -0.4 is 5.32 Å². The molecule has 3 aromatic rings. The lowest BCUT2D eigenvalue weighted by molar-refractivity contribution is 0.0696. The summed E-state index contributed by atoms with van der Waals surface area (Å²) in [6.07, 6.45) is 14.4. The molecule has 0 amide bonds. The van der Waals surface area contributed by atoms with Crippen LogP contribution in [0.3, 0.4) is 0 Å². The maximum absolute atomic E-state index is 11.7. The lowest BCUT2D eigenvalue weighted by atomic mass is 9.76. The second kappa shape index (κ2) is 11.7. The van der Waals surface area contributed by atoms with E-state index in [4.69, 9.17) is 0 Å². The summed E-state index contributed by atoms with van der Waals surface area (Å²) in [7, 11) is 0. The zero-order valence-electron chi connectivity index (χ0n) is 23.3. The van der Waals surface area contributed by atoms with Gasteiger partial charge in [0.05, 0.1) is 11.1 Å². The Bertz CT molecular complexity index is 1380. The molecule has 2 aromatic carbocycles. The largest absolute Gasteiger partial charge is 0.478 e. The topological polar surface area (TPSA) is 54.3 Å². The van der Waals surface area contributed by atoms with Crippen LogP contribution in [-0.2, 0) is 6.54 Å². The van der Waals surface area contributed by atoms with Gasteiger partial charge in [-0.15, -0.1) is 0 Å². The van der Waals surface area contributed by atoms with Crippen molar-refractivity contribution in [2.45, 2.75) is 78.7 Å². The van der Waals surface area contributed by atoms with Gasteiger partial charge in [-0.3, -0.25) is 0 Å². The first kappa shape index (κ1) is 26.5. The molecule has 0 radical (unpaired) electrons. The minimum Gasteiger partial charge on any atom is -0.478 e. The van der Waals surface area contributed by atoms with Crippen LogP contribution in [0.1, 0.15) is 97.8 Å². The molecule has 0 atom stereocenters. The third-order valence-electron chi connectivity index (χ3n) is 8.65. The van der Waals surface area contributed by atoms with E-state index in [1.165, 1.54) is 82.8 Å². The van der Waals surface area contributed by atoms with E-state index in [9.17, 15) is 9.90 Å². The number of carboxylic acids is 1. The summed E-state index contributed by atoms with van der Waals surface area (Å²) in [5.41, 5.74) is 10.9. The van der Waals surface area contributed by atoms with Gasteiger partial charge in [0.1, 0.15) is 0 Å². The minimum atomic E-state index is -0.863. The van der Waals surface area contributed by atoms with Crippen molar-refractivity contribution in [2.24, 2.45) is 5.92 Å². The van der Waals surface area contributed by atoms with Crippen molar-refractivity contribution in [1.82, 2.24) is 9.88 Å². The Morgan fingerprint density at radius 3 is 2.61 bits per heavy atom. The summed E-state index contributed by atoms with van der Waals surface area (Å²) in [5.74, 6) is -0.364. The summed E-state index contributed by atoms with van der Waals surface area (Å²) in [5, 5.41) is 14.4. The number of nitrogens with zero attached hydrogens (tertiary/aromatic N) is 1. The molecule has 2 aliphatic rings. The average molecular weight is 511 g/mol. The van der Waals surface area contributed by atoms with Crippen LogP contribution >= 0.6 is 0 Å². The Kier molecular flexibility index (Phi) is 8.18. The number of carbonyl (C=O) groups is 1. The number of hydrogen-bond donors (Lipinski definition) is 2. The van der Waals surface area contributed by atoms with Crippen molar-refractivity contribution in [1.29, 1.82) is 0 Å². The van der Waals surface area contributed by atoms with Crippen LogP contribution in [-0.4, -0.2) is 28.7 Å². The SMILES string of the molecule is CCCCn1cc(C2=CCNCC2)c2cccc(/C(C)=C(/c3ccc(C(=O)O)cc3C)C3CCCCC3)c21. The number of nitrogens with one attached hydrogen (secondary N) is 1. The van der Waals surface area contributed by atoms with E-state index in [2.05, 4.69) is 67.2 Å². The Hall–Kier alpha value is -3.11. The lowest BCUT2D eigenvalue weighted by Crippen LogP contribution is -2.19. The highest BCUT2D eigenvalue weighted by molar-refractivity contribution is 6.04. The number of benzene rings is 2. The van der Waals surface area contributed by atoms with Crippen molar-refractivity contribution in [3.8, 4) is 0 Å².